The molecule has 0 aliphatic rings. The van der Waals surface area contributed by atoms with E-state index in [4.69, 9.17) is 0 Å². The van der Waals surface area contributed by atoms with Crippen molar-refractivity contribution in [2.24, 2.45) is 0 Å². The first-order chi connectivity index (χ1) is 9.43. The molecule has 0 radical (unpaired) electrons. The smallest absolute Gasteiger partial charge is 0.194 e. The summed E-state index contributed by atoms with van der Waals surface area (Å²) in [7, 11) is 0. The number of halogens is 2. The van der Waals surface area contributed by atoms with Crippen LogP contribution in [0.5, 0.6) is 0 Å². The highest BCUT2D eigenvalue weighted by Gasteiger charge is 2.24. The molecule has 0 aliphatic heterocycles. The summed E-state index contributed by atoms with van der Waals surface area (Å²) in [6.07, 6.45) is 0. The predicted molar refractivity (Wildman–Crippen MR) is 88.3 cm³/mol. The Kier molecular flexibility index (Phi) is 4.79. The highest BCUT2D eigenvalue weighted by atomic mass is 79.9. The van der Waals surface area contributed by atoms with Crippen LogP contribution in [0, 0.1) is 25.2 Å². The van der Waals surface area contributed by atoms with E-state index in [1.54, 1.807) is 6.07 Å². The standard InChI is InChI=1S/C15H11Br2NOS/c1-8-3-4-10(5-9(8)2)11(7-18)14(19)13-6-12(16)15(17)20-13/h3-6,11H,1-2H3. The van der Waals surface area contributed by atoms with Crippen molar-refractivity contribution in [3.8, 4) is 6.07 Å². The van der Waals surface area contributed by atoms with E-state index in [9.17, 15) is 10.1 Å². The molecule has 0 N–H and O–H groups in total. The lowest BCUT2D eigenvalue weighted by atomic mass is 9.93. The van der Waals surface area contributed by atoms with Crippen molar-refractivity contribution in [1.29, 1.82) is 5.26 Å². The Morgan fingerprint density at radius 2 is 1.95 bits per heavy atom. The summed E-state index contributed by atoms with van der Waals surface area (Å²) in [5.41, 5.74) is 2.99. The van der Waals surface area contributed by atoms with Crippen molar-refractivity contribution >= 4 is 49.0 Å². The molecule has 0 saturated carbocycles. The predicted octanol–water partition coefficient (Wildman–Crippen LogP) is 5.38. The van der Waals surface area contributed by atoms with E-state index in [1.165, 1.54) is 11.3 Å². The van der Waals surface area contributed by atoms with Gasteiger partial charge in [0.15, 0.2) is 5.78 Å². The van der Waals surface area contributed by atoms with Gasteiger partial charge in [-0.05, 0) is 68.5 Å². The lowest BCUT2D eigenvalue weighted by molar-refractivity contribution is 0.0983. The molecule has 0 aliphatic carbocycles. The number of nitrogens with zero attached hydrogens (tertiary/aromatic N) is 1. The van der Waals surface area contributed by atoms with Gasteiger partial charge in [-0.15, -0.1) is 11.3 Å². The molecule has 2 aromatic rings. The van der Waals surface area contributed by atoms with Crippen LogP contribution in [0.15, 0.2) is 32.5 Å². The first-order valence-electron chi connectivity index (χ1n) is 5.90. The topological polar surface area (TPSA) is 40.9 Å². The Balaban J connectivity index is 2.39. The van der Waals surface area contributed by atoms with Crippen molar-refractivity contribution in [3.05, 3.63) is 54.1 Å². The molecule has 1 unspecified atom stereocenters. The van der Waals surface area contributed by atoms with Gasteiger partial charge in [0.2, 0.25) is 0 Å². The van der Waals surface area contributed by atoms with E-state index in [2.05, 4.69) is 37.9 Å². The fourth-order valence-corrected chi connectivity index (χ4v) is 3.84. The highest BCUT2D eigenvalue weighted by molar-refractivity contribution is 9.13. The lowest BCUT2D eigenvalue weighted by Gasteiger charge is -2.09. The van der Waals surface area contributed by atoms with Gasteiger partial charge in [-0.25, -0.2) is 0 Å². The van der Waals surface area contributed by atoms with Crippen LogP contribution in [0.2, 0.25) is 0 Å². The van der Waals surface area contributed by atoms with Gasteiger partial charge in [0.1, 0.15) is 5.92 Å². The van der Waals surface area contributed by atoms with Gasteiger partial charge >= 0.3 is 0 Å². The molecule has 0 fully saturated rings. The van der Waals surface area contributed by atoms with Crippen LogP contribution in [-0.2, 0) is 0 Å². The number of nitriles is 1. The number of carbonyl (C=O) groups is 1. The molecule has 0 spiro atoms. The summed E-state index contributed by atoms with van der Waals surface area (Å²) in [6.45, 7) is 3.99. The maximum absolute atomic E-state index is 12.5. The molecule has 102 valence electrons. The van der Waals surface area contributed by atoms with E-state index < -0.39 is 5.92 Å². The second kappa shape index (κ2) is 6.21. The second-order valence-electron chi connectivity index (χ2n) is 4.50. The molecule has 1 aromatic heterocycles. The summed E-state index contributed by atoms with van der Waals surface area (Å²) in [6, 6.07) is 9.59. The summed E-state index contributed by atoms with van der Waals surface area (Å²) < 4.78 is 1.69. The Bertz CT molecular complexity index is 696. The molecule has 1 heterocycles. The number of rotatable bonds is 3. The zero-order chi connectivity index (χ0) is 14.9. The molecular weight excluding hydrogens is 402 g/mol. The van der Waals surface area contributed by atoms with Crippen molar-refractivity contribution in [3.63, 3.8) is 0 Å². The molecule has 0 bridgehead atoms. The summed E-state index contributed by atoms with van der Waals surface area (Å²) in [5.74, 6) is -0.918. The van der Waals surface area contributed by atoms with E-state index in [0.717, 1.165) is 24.9 Å². The Morgan fingerprint density at radius 1 is 1.25 bits per heavy atom. The van der Waals surface area contributed by atoms with Crippen molar-refractivity contribution in [2.45, 2.75) is 19.8 Å². The van der Waals surface area contributed by atoms with E-state index in [0.29, 0.717) is 4.88 Å². The molecule has 1 aromatic carbocycles. The van der Waals surface area contributed by atoms with Gasteiger partial charge in [0.25, 0.3) is 0 Å². The number of Topliss-reactive ketones (excluding diaryl/α,β-unsaturated/α-hetero) is 1. The Hall–Kier alpha value is -0.960. The van der Waals surface area contributed by atoms with Crippen LogP contribution in [-0.4, -0.2) is 5.78 Å². The van der Waals surface area contributed by atoms with Crippen molar-refractivity contribution in [2.75, 3.05) is 0 Å². The van der Waals surface area contributed by atoms with Gasteiger partial charge in [0, 0.05) is 4.47 Å². The molecule has 20 heavy (non-hydrogen) atoms. The number of ketones is 1. The number of aryl methyl sites for hydroxylation is 2. The number of hydrogen-bond acceptors (Lipinski definition) is 3. The third kappa shape index (κ3) is 3.03. The summed E-state index contributed by atoms with van der Waals surface area (Å²) >= 11 is 8.07. The first-order valence-corrected chi connectivity index (χ1v) is 8.30. The molecule has 2 rings (SSSR count). The van der Waals surface area contributed by atoms with Gasteiger partial charge < -0.3 is 0 Å². The van der Waals surface area contributed by atoms with E-state index in [-0.39, 0.29) is 5.78 Å². The lowest BCUT2D eigenvalue weighted by Crippen LogP contribution is -2.10. The fourth-order valence-electron chi connectivity index (χ4n) is 1.84. The second-order valence-corrected chi connectivity index (χ2v) is 7.73. The minimum atomic E-state index is -0.758. The quantitative estimate of drug-likeness (QED) is 0.635. The van der Waals surface area contributed by atoms with E-state index in [1.807, 2.05) is 32.0 Å². The average molecular weight is 413 g/mol. The highest BCUT2D eigenvalue weighted by Crippen LogP contribution is 2.35. The normalized spacial score (nSPS) is 11.9. The molecule has 1 atom stereocenters. The number of benzene rings is 1. The minimum Gasteiger partial charge on any atom is -0.291 e. The zero-order valence-corrected chi connectivity index (χ0v) is 14.9. The van der Waals surface area contributed by atoms with Gasteiger partial charge in [0.05, 0.1) is 14.7 Å². The van der Waals surface area contributed by atoms with E-state index >= 15 is 0 Å². The maximum Gasteiger partial charge on any atom is 0.194 e. The zero-order valence-electron chi connectivity index (χ0n) is 10.9. The van der Waals surface area contributed by atoms with Crippen LogP contribution in [0.4, 0.5) is 0 Å². The molecule has 0 amide bonds. The maximum atomic E-state index is 12.5. The monoisotopic (exact) mass is 411 g/mol. The largest absolute Gasteiger partial charge is 0.291 e. The Morgan fingerprint density at radius 3 is 2.45 bits per heavy atom. The molecule has 2 nitrogen and oxygen atoms in total. The van der Waals surface area contributed by atoms with Crippen molar-refractivity contribution < 1.29 is 4.79 Å². The summed E-state index contributed by atoms with van der Waals surface area (Å²) in [5, 5.41) is 9.36. The third-order valence-corrected chi connectivity index (χ3v) is 6.41. The Labute approximate surface area is 138 Å². The van der Waals surface area contributed by atoms with Gasteiger partial charge in [-0.1, -0.05) is 18.2 Å². The first kappa shape index (κ1) is 15.4. The molecule has 0 saturated heterocycles. The minimum absolute atomic E-state index is 0.160. The number of hydrogen-bond donors (Lipinski definition) is 0. The van der Waals surface area contributed by atoms with Crippen LogP contribution < -0.4 is 0 Å². The molecular formula is C15H11Br2NOS. The van der Waals surface area contributed by atoms with Crippen LogP contribution in [0.25, 0.3) is 0 Å². The summed E-state index contributed by atoms with van der Waals surface area (Å²) in [4.78, 5) is 13.1. The van der Waals surface area contributed by atoms with Crippen LogP contribution >= 0.6 is 43.2 Å². The van der Waals surface area contributed by atoms with Crippen molar-refractivity contribution in [1.82, 2.24) is 0 Å². The fraction of sp³-hybridized carbons (Fsp3) is 0.200. The molecule has 5 heteroatoms. The van der Waals surface area contributed by atoms with Gasteiger partial charge in [-0.3, -0.25) is 4.79 Å². The SMILES string of the molecule is Cc1ccc(C(C#N)C(=O)c2cc(Br)c(Br)s2)cc1C. The van der Waals surface area contributed by atoms with Gasteiger partial charge in [-0.2, -0.15) is 5.26 Å². The number of carbonyl (C=O) groups excluding carboxylic acids is 1. The third-order valence-electron chi connectivity index (χ3n) is 3.14. The van der Waals surface area contributed by atoms with Crippen LogP contribution in [0.3, 0.4) is 0 Å². The van der Waals surface area contributed by atoms with Crippen LogP contribution in [0.1, 0.15) is 32.3 Å². The average Bonchev–Trinajstić information content (AvgIpc) is 2.74. The number of thiophene rings is 1.